The van der Waals surface area contributed by atoms with E-state index in [1.807, 2.05) is 31.1 Å². The number of rotatable bonds is 7. The van der Waals surface area contributed by atoms with Gasteiger partial charge in [-0.05, 0) is 51.6 Å². The Morgan fingerprint density at radius 1 is 1.26 bits per heavy atom. The highest BCUT2D eigenvalue weighted by molar-refractivity contribution is 5.92. The molecule has 0 atom stereocenters. The van der Waals surface area contributed by atoms with Gasteiger partial charge in [0.25, 0.3) is 0 Å². The second-order valence-corrected chi connectivity index (χ2v) is 9.03. The maximum atomic E-state index is 14.6. The molecule has 3 N–H and O–H groups in total. The fourth-order valence-corrected chi connectivity index (χ4v) is 4.65. The van der Waals surface area contributed by atoms with Crippen LogP contribution in [0.5, 0.6) is 5.75 Å². The summed E-state index contributed by atoms with van der Waals surface area (Å²) in [5.74, 6) is 0.655. The summed E-state index contributed by atoms with van der Waals surface area (Å²) in [6.45, 7) is 3.82. The number of primary amides is 1. The smallest absolute Gasteiger partial charge is 0.238 e. The topological polar surface area (TPSA) is 96.6 Å². The zero-order valence-electron chi connectivity index (χ0n) is 20.1. The largest absolute Gasteiger partial charge is 0.496 e. The van der Waals surface area contributed by atoms with Gasteiger partial charge in [0.2, 0.25) is 5.91 Å². The molecular formula is C25H31FN6O2. The number of anilines is 2. The SMILES string of the molecule is COc1cc2ncnc(Nc3cccc(C)c3F)c2cc1CN1CCC(C(N)=O)(N(C)C)CC1. The number of ether oxygens (including phenoxy) is 1. The number of hydrogen-bond donors (Lipinski definition) is 2. The van der Waals surface area contributed by atoms with Crippen LogP contribution in [0.25, 0.3) is 10.9 Å². The van der Waals surface area contributed by atoms with Crippen LogP contribution >= 0.6 is 0 Å². The van der Waals surface area contributed by atoms with Gasteiger partial charge in [-0.25, -0.2) is 14.4 Å². The zero-order chi connectivity index (χ0) is 24.5. The summed E-state index contributed by atoms with van der Waals surface area (Å²) in [4.78, 5) is 25.1. The normalized spacial score (nSPS) is 16.1. The molecule has 1 aliphatic rings. The van der Waals surface area contributed by atoms with Crippen molar-refractivity contribution in [3.8, 4) is 5.75 Å². The van der Waals surface area contributed by atoms with Crippen LogP contribution in [0.15, 0.2) is 36.7 Å². The third kappa shape index (κ3) is 4.41. The Bertz CT molecular complexity index is 1210. The molecule has 1 saturated heterocycles. The van der Waals surface area contributed by atoms with Gasteiger partial charge in [0.15, 0.2) is 0 Å². The highest BCUT2D eigenvalue weighted by atomic mass is 19.1. The lowest BCUT2D eigenvalue weighted by Crippen LogP contribution is -2.59. The van der Waals surface area contributed by atoms with Crippen molar-refractivity contribution in [1.82, 2.24) is 19.8 Å². The monoisotopic (exact) mass is 466 g/mol. The zero-order valence-corrected chi connectivity index (χ0v) is 20.1. The lowest BCUT2D eigenvalue weighted by atomic mass is 9.85. The molecule has 0 unspecified atom stereocenters. The Kier molecular flexibility index (Phi) is 6.67. The minimum absolute atomic E-state index is 0.281. The number of likely N-dealkylation sites (tertiary alicyclic amines) is 1. The van der Waals surface area contributed by atoms with Gasteiger partial charge in [0, 0.05) is 36.7 Å². The summed E-state index contributed by atoms with van der Waals surface area (Å²) < 4.78 is 20.3. The standard InChI is InChI=1S/C25H31FN6O2/c1-16-6-5-7-19(22(16)26)30-23-18-12-17(21(34-4)13-20(18)28-15-29-23)14-32-10-8-25(9-11-32,24(27)33)31(2)3/h5-7,12-13,15H,8-11,14H2,1-4H3,(H2,27,33)(H,28,29,30). The summed E-state index contributed by atoms with van der Waals surface area (Å²) in [5, 5.41) is 3.90. The Morgan fingerprint density at radius 2 is 2.00 bits per heavy atom. The van der Waals surface area contributed by atoms with Crippen LogP contribution < -0.4 is 15.8 Å². The first-order chi connectivity index (χ1) is 16.2. The van der Waals surface area contributed by atoms with Crippen LogP contribution in [0.2, 0.25) is 0 Å². The number of carbonyl (C=O) groups excluding carboxylic acids is 1. The molecule has 4 rings (SSSR count). The number of amides is 1. The van der Waals surface area contributed by atoms with Crippen LogP contribution in [-0.4, -0.2) is 65.5 Å². The molecule has 0 spiro atoms. The van der Waals surface area contributed by atoms with E-state index < -0.39 is 5.54 Å². The number of carbonyl (C=O) groups is 1. The first-order valence-electron chi connectivity index (χ1n) is 11.3. The molecule has 3 aromatic rings. The Labute approximate surface area is 198 Å². The maximum absolute atomic E-state index is 14.6. The predicted octanol–water partition coefficient (Wildman–Crippen LogP) is 3.21. The Balaban J connectivity index is 1.63. The number of nitrogens with two attached hydrogens (primary N) is 1. The van der Waals surface area contributed by atoms with E-state index in [4.69, 9.17) is 10.5 Å². The molecule has 0 aliphatic carbocycles. The van der Waals surface area contributed by atoms with Crippen molar-refractivity contribution in [3.05, 3.63) is 53.6 Å². The second kappa shape index (κ2) is 9.52. The van der Waals surface area contributed by atoms with E-state index >= 15 is 0 Å². The minimum Gasteiger partial charge on any atom is -0.496 e. The molecule has 1 fully saturated rings. The van der Waals surface area contributed by atoms with Gasteiger partial charge in [-0.3, -0.25) is 14.6 Å². The number of aromatic nitrogens is 2. The molecule has 180 valence electrons. The highest BCUT2D eigenvalue weighted by Gasteiger charge is 2.41. The molecule has 2 aromatic carbocycles. The van der Waals surface area contributed by atoms with Crippen molar-refractivity contribution in [2.24, 2.45) is 5.73 Å². The number of hydrogen-bond acceptors (Lipinski definition) is 7. The lowest BCUT2D eigenvalue weighted by Gasteiger charge is -2.43. The number of methoxy groups -OCH3 is 1. The molecule has 1 aliphatic heterocycles. The summed E-state index contributed by atoms with van der Waals surface area (Å²) in [5.41, 5.74) is 7.71. The summed E-state index contributed by atoms with van der Waals surface area (Å²) in [6, 6.07) is 9.08. The third-order valence-electron chi connectivity index (χ3n) is 6.87. The van der Waals surface area contributed by atoms with Gasteiger partial charge in [-0.2, -0.15) is 0 Å². The molecule has 0 radical (unpaired) electrons. The second-order valence-electron chi connectivity index (χ2n) is 9.03. The number of benzene rings is 2. The number of halogens is 1. The van der Waals surface area contributed by atoms with E-state index in [0.29, 0.717) is 42.0 Å². The van der Waals surface area contributed by atoms with Crippen LogP contribution in [0, 0.1) is 12.7 Å². The average molecular weight is 467 g/mol. The van der Waals surface area contributed by atoms with Crippen LogP contribution in [-0.2, 0) is 11.3 Å². The van der Waals surface area contributed by atoms with E-state index in [1.54, 1.807) is 32.2 Å². The summed E-state index contributed by atoms with van der Waals surface area (Å²) >= 11 is 0. The van der Waals surface area contributed by atoms with Crippen molar-refractivity contribution < 1.29 is 13.9 Å². The van der Waals surface area contributed by atoms with Crippen molar-refractivity contribution in [1.29, 1.82) is 0 Å². The van der Waals surface area contributed by atoms with E-state index in [-0.39, 0.29) is 11.7 Å². The molecular weight excluding hydrogens is 435 g/mol. The fraction of sp³-hybridized carbons (Fsp3) is 0.400. The van der Waals surface area contributed by atoms with Crippen LogP contribution in [0.1, 0.15) is 24.0 Å². The highest BCUT2D eigenvalue weighted by Crippen LogP contribution is 2.33. The van der Waals surface area contributed by atoms with Crippen molar-refractivity contribution >= 4 is 28.3 Å². The Morgan fingerprint density at radius 3 is 2.65 bits per heavy atom. The molecule has 0 saturated carbocycles. The molecule has 34 heavy (non-hydrogen) atoms. The van der Waals surface area contributed by atoms with E-state index in [2.05, 4.69) is 20.2 Å². The average Bonchev–Trinajstić information content (AvgIpc) is 2.82. The minimum atomic E-state index is -0.618. The van der Waals surface area contributed by atoms with Crippen LogP contribution in [0.3, 0.4) is 0 Å². The quantitative estimate of drug-likeness (QED) is 0.552. The van der Waals surface area contributed by atoms with Crippen LogP contribution in [0.4, 0.5) is 15.9 Å². The molecule has 1 aromatic heterocycles. The number of piperidine rings is 1. The number of likely N-dealkylation sites (N-methyl/N-ethyl adjacent to an activating group) is 1. The third-order valence-corrected chi connectivity index (χ3v) is 6.87. The molecule has 8 nitrogen and oxygen atoms in total. The first-order valence-corrected chi connectivity index (χ1v) is 11.3. The Hall–Kier alpha value is -3.30. The van der Waals surface area contributed by atoms with Gasteiger partial charge in [-0.15, -0.1) is 0 Å². The summed E-state index contributed by atoms with van der Waals surface area (Å²) in [7, 11) is 5.43. The number of nitrogens with zero attached hydrogens (tertiary/aromatic N) is 4. The maximum Gasteiger partial charge on any atom is 0.238 e. The van der Waals surface area contributed by atoms with Crippen molar-refractivity contribution in [3.63, 3.8) is 0 Å². The van der Waals surface area contributed by atoms with Gasteiger partial charge < -0.3 is 15.8 Å². The lowest BCUT2D eigenvalue weighted by molar-refractivity contribution is -0.131. The number of fused-ring (bicyclic) bond motifs is 1. The van der Waals surface area contributed by atoms with Gasteiger partial charge >= 0.3 is 0 Å². The molecule has 1 amide bonds. The number of nitrogens with one attached hydrogen (secondary N) is 1. The molecule has 2 heterocycles. The van der Waals surface area contributed by atoms with Gasteiger partial charge in [-0.1, -0.05) is 12.1 Å². The van der Waals surface area contributed by atoms with Crippen molar-refractivity contribution in [2.45, 2.75) is 31.8 Å². The predicted molar refractivity (Wildman–Crippen MR) is 131 cm³/mol. The first kappa shape index (κ1) is 23.8. The van der Waals surface area contributed by atoms with E-state index in [0.717, 1.165) is 29.8 Å². The summed E-state index contributed by atoms with van der Waals surface area (Å²) in [6.07, 6.45) is 2.77. The van der Waals surface area contributed by atoms with Gasteiger partial charge in [0.05, 0.1) is 18.3 Å². The number of aryl methyl sites for hydroxylation is 1. The van der Waals surface area contributed by atoms with E-state index in [1.165, 1.54) is 6.33 Å². The fourth-order valence-electron chi connectivity index (χ4n) is 4.65. The molecule has 0 bridgehead atoms. The van der Waals surface area contributed by atoms with Crippen molar-refractivity contribution in [2.75, 3.05) is 39.6 Å². The van der Waals surface area contributed by atoms with E-state index in [9.17, 15) is 9.18 Å². The molecule has 9 heteroatoms. The van der Waals surface area contributed by atoms with Gasteiger partial charge in [0.1, 0.15) is 29.3 Å².